The number of hydrogen-bond acceptors (Lipinski definition) is 4. The fourth-order valence-electron chi connectivity index (χ4n) is 3.28. The van der Waals surface area contributed by atoms with Gasteiger partial charge in [0, 0.05) is 25.0 Å². The van der Waals surface area contributed by atoms with Gasteiger partial charge in [0.1, 0.15) is 0 Å². The highest BCUT2D eigenvalue weighted by Crippen LogP contribution is 2.21. The summed E-state index contributed by atoms with van der Waals surface area (Å²) in [4.78, 5) is 7.15. The molecule has 1 atom stereocenters. The van der Waals surface area contributed by atoms with Gasteiger partial charge in [0.2, 0.25) is 0 Å². The number of hydrogen-bond donors (Lipinski definition) is 1. The fourth-order valence-corrected chi connectivity index (χ4v) is 3.28. The van der Waals surface area contributed by atoms with E-state index in [0.29, 0.717) is 6.42 Å². The molecule has 3 heterocycles. The maximum absolute atomic E-state index is 9.98. The average molecular weight is 322 g/mol. The standard InChI is InChI=1S/C19H22N4O/c1-2-19(24)18-11-16-13-22(9-10-23(16)21-18)12-15-8-7-14-5-3-4-6-17(14)20-15/h3-8,11,19,24H,2,9-10,12-13H2,1H3/t19-/m0/s1. The van der Waals surface area contributed by atoms with E-state index in [4.69, 9.17) is 4.98 Å². The molecule has 0 spiro atoms. The SMILES string of the molecule is CC[C@H](O)c1cc2n(n1)CCN(Cc1ccc3ccccc3n1)C2. The summed E-state index contributed by atoms with van der Waals surface area (Å²) in [5, 5.41) is 15.7. The first-order valence-corrected chi connectivity index (χ1v) is 8.54. The van der Waals surface area contributed by atoms with Crippen LogP contribution in [0, 0.1) is 0 Å². The number of benzene rings is 1. The largest absolute Gasteiger partial charge is 0.387 e. The highest BCUT2D eigenvalue weighted by atomic mass is 16.3. The summed E-state index contributed by atoms with van der Waals surface area (Å²) in [5.41, 5.74) is 4.10. The number of pyridine rings is 1. The highest BCUT2D eigenvalue weighted by Gasteiger charge is 2.20. The third kappa shape index (κ3) is 2.92. The monoisotopic (exact) mass is 322 g/mol. The first kappa shape index (κ1) is 15.3. The Hall–Kier alpha value is -2.24. The number of para-hydroxylation sites is 1. The Bertz CT molecular complexity index is 857. The number of fused-ring (bicyclic) bond motifs is 2. The molecule has 0 amide bonds. The normalized spacial score (nSPS) is 16.2. The Kier molecular flexibility index (Phi) is 4.04. The number of nitrogens with zero attached hydrogens (tertiary/aromatic N) is 4. The Morgan fingerprint density at radius 2 is 2.04 bits per heavy atom. The van der Waals surface area contributed by atoms with Crippen molar-refractivity contribution in [2.75, 3.05) is 6.54 Å². The summed E-state index contributed by atoms with van der Waals surface area (Å²) in [6.07, 6.45) is 0.236. The second-order valence-corrected chi connectivity index (χ2v) is 6.41. The van der Waals surface area contributed by atoms with Crippen molar-refractivity contribution in [1.29, 1.82) is 0 Å². The molecular weight excluding hydrogens is 300 g/mol. The second-order valence-electron chi connectivity index (χ2n) is 6.41. The van der Waals surface area contributed by atoms with Gasteiger partial charge < -0.3 is 5.11 Å². The molecule has 0 fully saturated rings. The molecular formula is C19H22N4O. The molecule has 5 nitrogen and oxygen atoms in total. The van der Waals surface area contributed by atoms with Gasteiger partial charge in [-0.3, -0.25) is 14.6 Å². The van der Waals surface area contributed by atoms with Gasteiger partial charge in [-0.2, -0.15) is 5.10 Å². The Morgan fingerprint density at radius 3 is 2.92 bits per heavy atom. The lowest BCUT2D eigenvalue weighted by Crippen LogP contribution is -2.33. The topological polar surface area (TPSA) is 54.2 Å². The van der Waals surface area contributed by atoms with Crippen LogP contribution < -0.4 is 0 Å². The molecule has 24 heavy (non-hydrogen) atoms. The van der Waals surface area contributed by atoms with E-state index in [1.54, 1.807) is 0 Å². The second kappa shape index (κ2) is 6.34. The van der Waals surface area contributed by atoms with Crippen LogP contribution in [0.15, 0.2) is 42.5 Å². The van der Waals surface area contributed by atoms with Crippen molar-refractivity contribution >= 4 is 10.9 Å². The van der Waals surface area contributed by atoms with Crippen LogP contribution in [-0.2, 0) is 19.6 Å². The lowest BCUT2D eigenvalue weighted by molar-refractivity contribution is 0.166. The molecule has 1 aliphatic heterocycles. The summed E-state index contributed by atoms with van der Waals surface area (Å²) >= 11 is 0. The highest BCUT2D eigenvalue weighted by molar-refractivity contribution is 5.78. The van der Waals surface area contributed by atoms with Crippen molar-refractivity contribution in [1.82, 2.24) is 19.7 Å². The molecule has 2 aromatic heterocycles. The van der Waals surface area contributed by atoms with E-state index in [0.717, 1.165) is 43.1 Å². The lowest BCUT2D eigenvalue weighted by Gasteiger charge is -2.27. The minimum absolute atomic E-state index is 0.460. The van der Waals surface area contributed by atoms with Gasteiger partial charge in [0.15, 0.2) is 0 Å². The number of rotatable bonds is 4. The predicted molar refractivity (Wildman–Crippen MR) is 93.3 cm³/mol. The van der Waals surface area contributed by atoms with E-state index >= 15 is 0 Å². The molecule has 1 aliphatic rings. The van der Waals surface area contributed by atoms with Gasteiger partial charge in [0.25, 0.3) is 0 Å². The molecule has 0 radical (unpaired) electrons. The van der Waals surface area contributed by atoms with E-state index < -0.39 is 6.10 Å². The molecule has 0 unspecified atom stereocenters. The predicted octanol–water partition coefficient (Wildman–Crippen LogP) is 2.89. The summed E-state index contributed by atoms with van der Waals surface area (Å²) in [6.45, 7) is 5.46. The number of aliphatic hydroxyl groups is 1. The van der Waals surface area contributed by atoms with E-state index in [-0.39, 0.29) is 0 Å². The number of aliphatic hydroxyl groups excluding tert-OH is 1. The maximum Gasteiger partial charge on any atom is 0.0975 e. The van der Waals surface area contributed by atoms with Crippen LogP contribution >= 0.6 is 0 Å². The Balaban J connectivity index is 1.50. The third-order valence-electron chi connectivity index (χ3n) is 4.67. The van der Waals surface area contributed by atoms with Gasteiger partial charge in [0.05, 0.1) is 35.2 Å². The number of aromatic nitrogens is 3. The summed E-state index contributed by atoms with van der Waals surface area (Å²) in [6, 6.07) is 14.5. The van der Waals surface area contributed by atoms with E-state index in [2.05, 4.69) is 34.3 Å². The maximum atomic E-state index is 9.98. The van der Waals surface area contributed by atoms with Crippen molar-refractivity contribution < 1.29 is 5.11 Å². The minimum atomic E-state index is -0.460. The molecule has 1 aromatic carbocycles. The van der Waals surface area contributed by atoms with Crippen molar-refractivity contribution in [3.8, 4) is 0 Å². The zero-order valence-corrected chi connectivity index (χ0v) is 13.9. The van der Waals surface area contributed by atoms with Crippen molar-refractivity contribution in [3.05, 3.63) is 59.5 Å². The van der Waals surface area contributed by atoms with E-state index in [9.17, 15) is 5.11 Å². The third-order valence-corrected chi connectivity index (χ3v) is 4.67. The molecule has 5 heteroatoms. The molecule has 4 rings (SSSR count). The van der Waals surface area contributed by atoms with Gasteiger partial charge in [-0.1, -0.05) is 31.2 Å². The first-order chi connectivity index (χ1) is 11.7. The van der Waals surface area contributed by atoms with E-state index in [1.165, 1.54) is 11.1 Å². The van der Waals surface area contributed by atoms with Gasteiger partial charge >= 0.3 is 0 Å². The van der Waals surface area contributed by atoms with Crippen LogP contribution in [0.4, 0.5) is 0 Å². The molecule has 0 bridgehead atoms. The fraction of sp³-hybridized carbons (Fsp3) is 0.368. The molecule has 3 aromatic rings. The Morgan fingerprint density at radius 1 is 1.17 bits per heavy atom. The van der Waals surface area contributed by atoms with Crippen LogP contribution in [-0.4, -0.2) is 31.3 Å². The summed E-state index contributed by atoms with van der Waals surface area (Å²) < 4.78 is 2.03. The lowest BCUT2D eigenvalue weighted by atomic mass is 10.2. The van der Waals surface area contributed by atoms with Crippen molar-refractivity contribution in [3.63, 3.8) is 0 Å². The molecule has 0 aliphatic carbocycles. The molecule has 124 valence electrons. The molecule has 0 saturated carbocycles. The van der Waals surface area contributed by atoms with Crippen LogP contribution in [0.25, 0.3) is 10.9 Å². The van der Waals surface area contributed by atoms with Crippen LogP contribution in [0.2, 0.25) is 0 Å². The van der Waals surface area contributed by atoms with Gasteiger partial charge in [-0.15, -0.1) is 0 Å². The molecule has 0 saturated heterocycles. The Labute approximate surface area is 141 Å². The zero-order chi connectivity index (χ0) is 16.5. The van der Waals surface area contributed by atoms with Crippen LogP contribution in [0.5, 0.6) is 0 Å². The van der Waals surface area contributed by atoms with Crippen molar-refractivity contribution in [2.24, 2.45) is 0 Å². The first-order valence-electron chi connectivity index (χ1n) is 8.54. The zero-order valence-electron chi connectivity index (χ0n) is 13.9. The quantitative estimate of drug-likeness (QED) is 0.802. The van der Waals surface area contributed by atoms with Gasteiger partial charge in [-0.05, 0) is 24.6 Å². The smallest absolute Gasteiger partial charge is 0.0975 e. The van der Waals surface area contributed by atoms with E-state index in [1.807, 2.05) is 29.8 Å². The van der Waals surface area contributed by atoms with Gasteiger partial charge in [-0.25, -0.2) is 0 Å². The van der Waals surface area contributed by atoms with Crippen LogP contribution in [0.1, 0.15) is 36.5 Å². The van der Waals surface area contributed by atoms with Crippen molar-refractivity contribution in [2.45, 2.75) is 39.1 Å². The summed E-state index contributed by atoms with van der Waals surface area (Å²) in [5.74, 6) is 0. The average Bonchev–Trinajstić information content (AvgIpc) is 3.04. The summed E-state index contributed by atoms with van der Waals surface area (Å²) in [7, 11) is 0. The van der Waals surface area contributed by atoms with Crippen LogP contribution in [0.3, 0.4) is 0 Å². The molecule has 1 N–H and O–H groups in total. The minimum Gasteiger partial charge on any atom is -0.387 e.